The van der Waals surface area contributed by atoms with Crippen molar-refractivity contribution in [3.63, 3.8) is 0 Å². The lowest BCUT2D eigenvalue weighted by atomic mass is 9.76. The summed E-state index contributed by atoms with van der Waals surface area (Å²) in [4.78, 5) is 0. The second-order valence-electron chi connectivity index (χ2n) is 27.6. The van der Waals surface area contributed by atoms with E-state index in [-0.39, 0.29) is 21.7 Å². The van der Waals surface area contributed by atoms with Crippen LogP contribution in [0.3, 0.4) is 0 Å². The molecule has 0 bridgehead atoms. The maximum Gasteiger partial charge on any atom is -0.000740 e. The van der Waals surface area contributed by atoms with Crippen molar-refractivity contribution in [3.05, 3.63) is 216 Å². The smallest absolute Gasteiger partial charge is 0.000740 e. The molecule has 1 aliphatic carbocycles. The lowest BCUT2D eigenvalue weighted by Crippen LogP contribution is -2.16. The van der Waals surface area contributed by atoms with Crippen LogP contribution >= 0.6 is 0 Å². The van der Waals surface area contributed by atoms with Crippen LogP contribution in [0.25, 0.3) is 153 Å². The third-order valence-electron chi connectivity index (χ3n) is 18.4. The zero-order chi connectivity index (χ0) is 55.1. The second kappa shape index (κ2) is 16.6. The summed E-state index contributed by atoms with van der Waals surface area (Å²) in [5, 5.41) is 21.2. The van der Waals surface area contributed by atoms with Crippen molar-refractivity contribution in [1.82, 2.24) is 0 Å². The van der Waals surface area contributed by atoms with Gasteiger partial charge in [0.15, 0.2) is 0 Å². The van der Waals surface area contributed by atoms with E-state index in [0.717, 1.165) is 0 Å². The molecule has 0 aromatic heterocycles. The zero-order valence-electron chi connectivity index (χ0n) is 48.5. The highest BCUT2D eigenvalue weighted by Gasteiger charge is 2.35. The molecule has 0 unspecified atom stereocenters. The maximum atomic E-state index is 2.62. The Morgan fingerprint density at radius 2 is 0.562 bits per heavy atom. The molecule has 0 amide bonds. The van der Waals surface area contributed by atoms with Crippen LogP contribution in [0, 0.1) is 0 Å². The van der Waals surface area contributed by atoms with E-state index in [9.17, 15) is 0 Å². The van der Waals surface area contributed by atoms with Crippen molar-refractivity contribution in [2.75, 3.05) is 0 Å². The van der Waals surface area contributed by atoms with Gasteiger partial charge in [-0.2, -0.15) is 0 Å². The molecule has 388 valence electrons. The summed E-state index contributed by atoms with van der Waals surface area (Å²) in [6.45, 7) is 28.6. The number of hydrogen-bond donors (Lipinski definition) is 0. The Labute approximate surface area is 471 Å². The molecule has 1 aliphatic rings. The van der Waals surface area contributed by atoms with Gasteiger partial charge in [-0.3, -0.25) is 0 Å². The fourth-order valence-electron chi connectivity index (χ4n) is 14.3. The normalized spacial score (nSPS) is 13.2. The van der Waals surface area contributed by atoms with Crippen LogP contribution in [-0.2, 0) is 21.7 Å². The first-order valence-electron chi connectivity index (χ1n) is 29.1. The topological polar surface area (TPSA) is 0 Å². The van der Waals surface area contributed by atoms with Gasteiger partial charge in [0.1, 0.15) is 0 Å². The Kier molecular flexibility index (Phi) is 10.1. The molecule has 14 aromatic carbocycles. The predicted octanol–water partition coefficient (Wildman–Crippen LogP) is 23.3. The molecule has 0 heterocycles. The zero-order valence-corrected chi connectivity index (χ0v) is 48.5. The summed E-state index contributed by atoms with van der Waals surface area (Å²) in [6.07, 6.45) is 0. The molecular formula is C80H68. The lowest BCUT2D eigenvalue weighted by Gasteiger charge is -2.28. The second-order valence-corrected chi connectivity index (χ2v) is 27.6. The van der Waals surface area contributed by atoms with E-state index in [1.165, 1.54) is 175 Å². The van der Waals surface area contributed by atoms with Crippen molar-refractivity contribution in [1.29, 1.82) is 0 Å². The predicted molar refractivity (Wildman–Crippen MR) is 350 cm³/mol. The van der Waals surface area contributed by atoms with E-state index in [1.807, 2.05) is 0 Å². The van der Waals surface area contributed by atoms with E-state index in [4.69, 9.17) is 0 Å². The van der Waals surface area contributed by atoms with Crippen LogP contribution in [0.5, 0.6) is 0 Å². The first-order chi connectivity index (χ1) is 38.2. The van der Waals surface area contributed by atoms with Crippen LogP contribution in [0.1, 0.15) is 105 Å². The van der Waals surface area contributed by atoms with Gasteiger partial charge in [0.25, 0.3) is 0 Å². The summed E-state index contributed by atoms with van der Waals surface area (Å²) in [5.41, 5.74) is 20.7. The van der Waals surface area contributed by atoms with Gasteiger partial charge in [-0.25, -0.2) is 0 Å². The Morgan fingerprint density at radius 1 is 0.200 bits per heavy atom. The number of rotatable bonds is 4. The minimum atomic E-state index is -0.0853. The van der Waals surface area contributed by atoms with Crippen molar-refractivity contribution in [2.24, 2.45) is 0 Å². The van der Waals surface area contributed by atoms with Gasteiger partial charge in [0.2, 0.25) is 0 Å². The molecule has 0 spiro atoms. The Balaban J connectivity index is 1.21. The van der Waals surface area contributed by atoms with E-state index in [1.54, 1.807) is 0 Å². The van der Waals surface area contributed by atoms with E-state index in [2.05, 4.69) is 277 Å². The standard InChI is InChI=1S/C80H68/c1-77(2,3)50-37-48(38-51(41-50)78(4,5)6)69-64-43-62-56-31-21-27-45-28-22-32-57(66(45)56)63(62)44-65(64)70(49-39-52(79(7,8)9)42-53(40-49)80(10,11)12)76-61-36-34-59-71-58(33-35-60(72(61)71)75(69)76)73-67(46-23-15-13-16-24-46)54-29-19-20-30-55(54)68(74(59)73)47-25-17-14-18-26-47/h13-44H,1-12H3. The highest BCUT2D eigenvalue weighted by Crippen LogP contribution is 2.62. The first-order valence-corrected chi connectivity index (χ1v) is 29.1. The average molecular weight is 1030 g/mol. The minimum absolute atomic E-state index is 0.0853. The van der Waals surface area contributed by atoms with Gasteiger partial charge >= 0.3 is 0 Å². The molecule has 0 saturated carbocycles. The lowest BCUT2D eigenvalue weighted by molar-refractivity contribution is 0.568. The van der Waals surface area contributed by atoms with Crippen LogP contribution in [0.15, 0.2) is 194 Å². The summed E-state index contributed by atoms with van der Waals surface area (Å²) in [5.74, 6) is 0. The van der Waals surface area contributed by atoms with Gasteiger partial charge in [-0.1, -0.05) is 265 Å². The third-order valence-corrected chi connectivity index (χ3v) is 18.4. The van der Waals surface area contributed by atoms with E-state index < -0.39 is 0 Å². The Morgan fingerprint density at radius 3 is 0.938 bits per heavy atom. The van der Waals surface area contributed by atoms with Crippen LogP contribution in [0.4, 0.5) is 0 Å². The molecule has 14 aromatic rings. The number of hydrogen-bond acceptors (Lipinski definition) is 0. The number of fused-ring (bicyclic) bond motifs is 11. The van der Waals surface area contributed by atoms with Gasteiger partial charge in [-0.05, 0) is 209 Å². The Bertz CT molecular complexity index is 4550. The molecule has 0 saturated heterocycles. The quantitative estimate of drug-likeness (QED) is 0.165. The molecule has 0 atom stereocenters. The van der Waals surface area contributed by atoms with Gasteiger partial charge in [0.05, 0.1) is 0 Å². The SMILES string of the molecule is CC(C)(C)c1cc(-c2c3cc4c(cc3c(-c3cc(C(C)(C)C)cc(C(C)(C)C)c3)c3c5ccc6c7c(ccc(c23)c75)-c2c-6c(-c3ccccc3)c3ccccc3c2-c2ccccc2)c2cccc3cccc4c32)cc(C(C)(C)C)c1. The first kappa shape index (κ1) is 48.8. The number of benzene rings is 12. The van der Waals surface area contributed by atoms with Crippen molar-refractivity contribution < 1.29 is 0 Å². The average Bonchev–Trinajstić information content (AvgIpc) is 3.82. The van der Waals surface area contributed by atoms with E-state index >= 15 is 0 Å². The molecule has 80 heavy (non-hydrogen) atoms. The molecule has 0 N–H and O–H groups in total. The highest BCUT2D eigenvalue weighted by molar-refractivity contribution is 6.45. The fraction of sp³-hybridized carbons (Fsp3) is 0.200. The molecule has 15 rings (SSSR count). The molecule has 0 aliphatic heterocycles. The highest BCUT2D eigenvalue weighted by atomic mass is 14.4. The van der Waals surface area contributed by atoms with Crippen LogP contribution < -0.4 is 0 Å². The molecule has 0 radical (unpaired) electrons. The van der Waals surface area contributed by atoms with Crippen molar-refractivity contribution >= 4 is 86.2 Å². The van der Waals surface area contributed by atoms with Crippen LogP contribution in [0.2, 0.25) is 0 Å². The summed E-state index contributed by atoms with van der Waals surface area (Å²) < 4.78 is 0. The van der Waals surface area contributed by atoms with Gasteiger partial charge in [0, 0.05) is 0 Å². The third kappa shape index (κ3) is 7.00. The Hall–Kier alpha value is -8.32. The van der Waals surface area contributed by atoms with E-state index in [0.29, 0.717) is 0 Å². The van der Waals surface area contributed by atoms with Crippen LogP contribution in [-0.4, -0.2) is 0 Å². The van der Waals surface area contributed by atoms with Crippen molar-refractivity contribution in [2.45, 2.75) is 105 Å². The minimum Gasteiger partial charge on any atom is -0.0622 e. The van der Waals surface area contributed by atoms with Gasteiger partial charge in [-0.15, -0.1) is 0 Å². The molecule has 0 heteroatoms. The maximum absolute atomic E-state index is 2.62. The molecule has 0 fully saturated rings. The summed E-state index contributed by atoms with van der Waals surface area (Å²) in [6, 6.07) is 75.9. The van der Waals surface area contributed by atoms with Gasteiger partial charge < -0.3 is 0 Å². The monoisotopic (exact) mass is 1030 g/mol. The fourth-order valence-corrected chi connectivity index (χ4v) is 14.3. The summed E-state index contributed by atoms with van der Waals surface area (Å²) >= 11 is 0. The summed E-state index contributed by atoms with van der Waals surface area (Å²) in [7, 11) is 0. The largest absolute Gasteiger partial charge is 0.0622 e. The molecular weight excluding hydrogens is 961 g/mol. The molecule has 0 nitrogen and oxygen atoms in total. The van der Waals surface area contributed by atoms with Crippen molar-refractivity contribution in [3.8, 4) is 66.8 Å².